The molecule has 1 amide bonds. The first-order valence-electron chi connectivity index (χ1n) is 6.76. The highest BCUT2D eigenvalue weighted by molar-refractivity contribution is 7.80. The van der Waals surface area contributed by atoms with Gasteiger partial charge in [0.2, 0.25) is 0 Å². The van der Waals surface area contributed by atoms with Crippen LogP contribution < -0.4 is 5.32 Å². The number of carbonyl (C=O) groups is 1. The molecule has 4 heteroatoms. The Kier molecular flexibility index (Phi) is 4.53. The summed E-state index contributed by atoms with van der Waals surface area (Å²) in [6, 6.07) is 5.96. The van der Waals surface area contributed by atoms with E-state index in [9.17, 15) is 4.79 Å². The van der Waals surface area contributed by atoms with E-state index >= 15 is 0 Å². The Bertz CT molecular complexity index is 475. The largest absolute Gasteiger partial charge is 0.349 e. The van der Waals surface area contributed by atoms with Crippen LogP contribution in [0.3, 0.4) is 0 Å². The minimum atomic E-state index is 0.0230. The fraction of sp³-hybridized carbons (Fsp3) is 0.533. The normalized spacial score (nSPS) is 24.2. The van der Waals surface area contributed by atoms with Crippen LogP contribution in [0.5, 0.6) is 0 Å². The molecule has 2 unspecified atom stereocenters. The number of amides is 1. The lowest BCUT2D eigenvalue weighted by Crippen LogP contribution is -2.48. The van der Waals surface area contributed by atoms with Crippen molar-refractivity contribution < 1.29 is 4.79 Å². The number of rotatable bonds is 2. The Morgan fingerprint density at radius 1 is 1.47 bits per heavy atom. The quantitative estimate of drug-likeness (QED) is 0.814. The molecule has 0 saturated carbocycles. The summed E-state index contributed by atoms with van der Waals surface area (Å²) in [6.45, 7) is 6.24. The van der Waals surface area contributed by atoms with Gasteiger partial charge in [-0.3, -0.25) is 4.79 Å². The highest BCUT2D eigenvalue weighted by Gasteiger charge is 2.26. The summed E-state index contributed by atoms with van der Waals surface area (Å²) >= 11 is 4.30. The number of hydrogen-bond donors (Lipinski definition) is 2. The third-order valence-electron chi connectivity index (χ3n) is 3.89. The number of carbonyl (C=O) groups excluding carboxylic acids is 1. The molecule has 0 aliphatic carbocycles. The molecule has 0 aromatic heterocycles. The zero-order valence-electron chi connectivity index (χ0n) is 11.8. The summed E-state index contributed by atoms with van der Waals surface area (Å²) in [4.78, 5) is 15.5. The fourth-order valence-electron chi connectivity index (χ4n) is 2.67. The van der Waals surface area contributed by atoms with Crippen LogP contribution >= 0.6 is 12.6 Å². The molecule has 2 atom stereocenters. The van der Waals surface area contributed by atoms with Crippen molar-refractivity contribution in [3.63, 3.8) is 0 Å². The van der Waals surface area contributed by atoms with Gasteiger partial charge in [0.25, 0.3) is 5.91 Å². The molecule has 3 nitrogen and oxygen atoms in total. The Hall–Kier alpha value is -1.00. The summed E-state index contributed by atoms with van der Waals surface area (Å²) in [6.07, 6.45) is 1.02. The lowest BCUT2D eigenvalue weighted by molar-refractivity contribution is 0.0883. The summed E-state index contributed by atoms with van der Waals surface area (Å²) < 4.78 is 0. The summed E-state index contributed by atoms with van der Waals surface area (Å²) in [5.41, 5.74) is 1.73. The van der Waals surface area contributed by atoms with Crippen molar-refractivity contribution in [3.05, 3.63) is 29.3 Å². The number of hydrogen-bond acceptors (Lipinski definition) is 3. The molecule has 1 aromatic rings. The van der Waals surface area contributed by atoms with Gasteiger partial charge in [0.15, 0.2) is 0 Å². The third-order valence-corrected chi connectivity index (χ3v) is 4.17. The minimum absolute atomic E-state index is 0.0230. The molecule has 0 radical (unpaired) electrons. The van der Waals surface area contributed by atoms with Gasteiger partial charge in [-0.1, -0.05) is 13.0 Å². The number of nitrogens with zero attached hydrogens (tertiary/aromatic N) is 1. The molecule has 104 valence electrons. The van der Waals surface area contributed by atoms with E-state index in [1.165, 1.54) is 0 Å². The molecule has 1 aliphatic rings. The fourth-order valence-corrected chi connectivity index (χ4v) is 2.87. The maximum absolute atomic E-state index is 12.4. The molecule has 1 N–H and O–H groups in total. The van der Waals surface area contributed by atoms with Gasteiger partial charge in [0.05, 0.1) is 0 Å². The summed E-state index contributed by atoms with van der Waals surface area (Å²) in [5.74, 6) is 0.511. The molecule has 1 aromatic carbocycles. The van der Waals surface area contributed by atoms with Crippen LogP contribution in [0, 0.1) is 12.8 Å². The van der Waals surface area contributed by atoms with Crippen LogP contribution in [0.2, 0.25) is 0 Å². The Labute approximate surface area is 120 Å². The van der Waals surface area contributed by atoms with Gasteiger partial charge >= 0.3 is 0 Å². The maximum atomic E-state index is 12.4. The van der Waals surface area contributed by atoms with Crippen molar-refractivity contribution in [2.75, 3.05) is 20.1 Å². The Morgan fingerprint density at radius 3 is 2.89 bits per heavy atom. The first-order chi connectivity index (χ1) is 8.97. The third kappa shape index (κ3) is 3.51. The van der Waals surface area contributed by atoms with E-state index < -0.39 is 0 Å². The Morgan fingerprint density at radius 2 is 2.21 bits per heavy atom. The first kappa shape index (κ1) is 14.4. The zero-order chi connectivity index (χ0) is 14.0. The molecule has 1 aliphatic heterocycles. The average Bonchev–Trinajstić information content (AvgIpc) is 2.35. The van der Waals surface area contributed by atoms with Gasteiger partial charge in [-0.25, -0.2) is 0 Å². The van der Waals surface area contributed by atoms with Gasteiger partial charge in [-0.05, 0) is 50.6 Å². The number of benzene rings is 1. The van der Waals surface area contributed by atoms with Crippen LogP contribution in [0.15, 0.2) is 23.1 Å². The second kappa shape index (κ2) is 5.97. The van der Waals surface area contributed by atoms with Crippen molar-refractivity contribution in [1.29, 1.82) is 0 Å². The number of likely N-dealkylation sites (tertiary alicyclic amines) is 1. The number of piperidine rings is 1. The highest BCUT2D eigenvalue weighted by atomic mass is 32.1. The van der Waals surface area contributed by atoms with E-state index in [1.54, 1.807) is 0 Å². The molecule has 1 saturated heterocycles. The van der Waals surface area contributed by atoms with Crippen LogP contribution in [0.4, 0.5) is 0 Å². The van der Waals surface area contributed by atoms with Crippen molar-refractivity contribution in [2.24, 2.45) is 5.92 Å². The number of thiol groups is 1. The van der Waals surface area contributed by atoms with Gasteiger partial charge < -0.3 is 10.2 Å². The molecular formula is C15H22N2OS. The van der Waals surface area contributed by atoms with Crippen molar-refractivity contribution in [1.82, 2.24) is 10.2 Å². The molecule has 0 bridgehead atoms. The summed E-state index contributed by atoms with van der Waals surface area (Å²) in [7, 11) is 2.13. The topological polar surface area (TPSA) is 32.3 Å². The SMILES string of the molecule is Cc1ccc(S)cc1C(=O)NC1CCN(C)CC1C. The van der Waals surface area contributed by atoms with E-state index in [0.29, 0.717) is 5.92 Å². The lowest BCUT2D eigenvalue weighted by Gasteiger charge is -2.35. The lowest BCUT2D eigenvalue weighted by atomic mass is 9.93. The van der Waals surface area contributed by atoms with Gasteiger partial charge in [0.1, 0.15) is 0 Å². The second-order valence-corrected chi connectivity index (χ2v) is 6.12. The van der Waals surface area contributed by atoms with Gasteiger partial charge in [-0.2, -0.15) is 0 Å². The standard InChI is InChI=1S/C15H22N2OS/c1-10-4-5-12(19)8-13(10)15(18)16-14-6-7-17(3)9-11(14)2/h4-5,8,11,14,19H,6-7,9H2,1-3H3,(H,16,18). The predicted octanol–water partition coefficient (Wildman–Crippen LogP) is 2.35. The summed E-state index contributed by atoms with van der Waals surface area (Å²) in [5, 5.41) is 3.17. The van der Waals surface area contributed by atoms with Gasteiger partial charge in [-0.15, -0.1) is 12.6 Å². The number of nitrogens with one attached hydrogen (secondary N) is 1. The first-order valence-corrected chi connectivity index (χ1v) is 7.21. The molecule has 1 fully saturated rings. The monoisotopic (exact) mass is 278 g/mol. The zero-order valence-corrected chi connectivity index (χ0v) is 12.7. The van der Waals surface area contributed by atoms with E-state index in [4.69, 9.17) is 0 Å². The maximum Gasteiger partial charge on any atom is 0.251 e. The second-order valence-electron chi connectivity index (χ2n) is 5.61. The Balaban J connectivity index is 2.06. The van der Waals surface area contributed by atoms with E-state index in [-0.39, 0.29) is 11.9 Å². The molecular weight excluding hydrogens is 256 g/mol. The van der Waals surface area contributed by atoms with Crippen LogP contribution in [0.1, 0.15) is 29.3 Å². The van der Waals surface area contributed by atoms with Crippen LogP contribution in [0.25, 0.3) is 0 Å². The van der Waals surface area contributed by atoms with Crippen LogP contribution in [-0.2, 0) is 0 Å². The minimum Gasteiger partial charge on any atom is -0.349 e. The molecule has 0 spiro atoms. The van der Waals surface area contributed by atoms with Crippen molar-refractivity contribution in [3.8, 4) is 0 Å². The van der Waals surface area contributed by atoms with Crippen LogP contribution in [-0.4, -0.2) is 37.0 Å². The van der Waals surface area contributed by atoms with Crippen molar-refractivity contribution in [2.45, 2.75) is 31.2 Å². The molecule has 19 heavy (non-hydrogen) atoms. The predicted molar refractivity (Wildman–Crippen MR) is 81.0 cm³/mol. The van der Waals surface area contributed by atoms with E-state index in [2.05, 4.69) is 36.8 Å². The smallest absolute Gasteiger partial charge is 0.251 e. The molecule has 1 heterocycles. The highest BCUT2D eigenvalue weighted by Crippen LogP contribution is 2.18. The van der Waals surface area contributed by atoms with E-state index in [0.717, 1.165) is 35.5 Å². The molecule has 2 rings (SSSR count). The number of aryl methyl sites for hydroxylation is 1. The average molecular weight is 278 g/mol. The van der Waals surface area contributed by atoms with Gasteiger partial charge in [0, 0.05) is 23.0 Å². The van der Waals surface area contributed by atoms with Crippen molar-refractivity contribution >= 4 is 18.5 Å². The van der Waals surface area contributed by atoms with E-state index in [1.807, 2.05) is 25.1 Å².